The molecule has 7 heteroatoms. The van der Waals surface area contributed by atoms with Gasteiger partial charge in [-0.25, -0.2) is 0 Å². The van der Waals surface area contributed by atoms with Crippen molar-refractivity contribution in [3.8, 4) is 5.69 Å². The maximum atomic E-state index is 11.5. The molecular formula is C13H16N6O. The Morgan fingerprint density at radius 2 is 2.10 bits per heavy atom. The number of rotatable bonds is 6. The lowest BCUT2D eigenvalue weighted by molar-refractivity contribution is -0.120. The molecule has 1 saturated carbocycles. The average Bonchev–Trinajstić information content (AvgIpc) is 3.15. The molecule has 1 heterocycles. The van der Waals surface area contributed by atoms with Crippen molar-refractivity contribution in [1.29, 1.82) is 0 Å². The highest BCUT2D eigenvalue weighted by Gasteiger charge is 2.22. The van der Waals surface area contributed by atoms with Crippen molar-refractivity contribution in [2.75, 3.05) is 6.54 Å². The molecular weight excluding hydrogens is 256 g/mol. The van der Waals surface area contributed by atoms with Crippen molar-refractivity contribution < 1.29 is 4.79 Å². The molecule has 0 atom stereocenters. The minimum absolute atomic E-state index is 0.0197. The highest BCUT2D eigenvalue weighted by molar-refractivity contribution is 5.78. The molecule has 104 valence electrons. The third kappa shape index (κ3) is 3.18. The fourth-order valence-corrected chi connectivity index (χ4v) is 1.88. The van der Waals surface area contributed by atoms with Crippen molar-refractivity contribution in [3.63, 3.8) is 0 Å². The van der Waals surface area contributed by atoms with E-state index in [0.717, 1.165) is 18.5 Å². The molecule has 2 aromatic rings. The molecule has 1 amide bonds. The maximum absolute atomic E-state index is 11.5. The Labute approximate surface area is 116 Å². The molecule has 0 spiro atoms. The van der Waals surface area contributed by atoms with E-state index < -0.39 is 0 Å². The molecule has 0 aliphatic heterocycles. The van der Waals surface area contributed by atoms with Crippen molar-refractivity contribution in [1.82, 2.24) is 30.8 Å². The minimum atomic E-state index is 0.0197. The zero-order chi connectivity index (χ0) is 13.8. The van der Waals surface area contributed by atoms with Crippen molar-refractivity contribution in [2.45, 2.75) is 25.4 Å². The zero-order valence-corrected chi connectivity index (χ0v) is 11.0. The summed E-state index contributed by atoms with van der Waals surface area (Å²) >= 11 is 0. The van der Waals surface area contributed by atoms with Gasteiger partial charge in [-0.3, -0.25) is 4.79 Å². The van der Waals surface area contributed by atoms with Gasteiger partial charge in [-0.15, -0.1) is 5.10 Å². The van der Waals surface area contributed by atoms with E-state index in [2.05, 4.69) is 26.2 Å². The van der Waals surface area contributed by atoms with Crippen molar-refractivity contribution >= 4 is 5.91 Å². The Morgan fingerprint density at radius 1 is 1.30 bits per heavy atom. The number of carbonyl (C=O) groups excluding carboxylic acids is 1. The molecule has 1 aromatic carbocycles. The molecule has 1 fully saturated rings. The molecule has 0 radical (unpaired) electrons. The predicted molar refractivity (Wildman–Crippen MR) is 72.0 cm³/mol. The van der Waals surface area contributed by atoms with Gasteiger partial charge in [0.25, 0.3) is 0 Å². The van der Waals surface area contributed by atoms with Gasteiger partial charge in [-0.05, 0) is 35.4 Å². The lowest BCUT2D eigenvalue weighted by atomic mass is 10.3. The summed E-state index contributed by atoms with van der Waals surface area (Å²) in [5.41, 5.74) is 0.900. The van der Waals surface area contributed by atoms with Crippen LogP contribution in [0.1, 0.15) is 18.7 Å². The number of nitrogens with one attached hydrogen (secondary N) is 2. The van der Waals surface area contributed by atoms with Crippen LogP contribution in [0.4, 0.5) is 0 Å². The first-order chi connectivity index (χ1) is 9.83. The van der Waals surface area contributed by atoms with E-state index in [1.807, 2.05) is 30.3 Å². The number of hydrogen-bond donors (Lipinski definition) is 2. The lowest BCUT2D eigenvalue weighted by Crippen LogP contribution is -2.35. The standard InChI is InChI=1S/C13H16N6O/c20-13(15-10-6-7-10)9-14-8-12-16-17-18-19(12)11-4-2-1-3-5-11/h1-5,10,14H,6-9H2,(H,15,20). The summed E-state index contributed by atoms with van der Waals surface area (Å²) in [7, 11) is 0. The third-order valence-electron chi connectivity index (χ3n) is 3.05. The van der Waals surface area contributed by atoms with Gasteiger partial charge in [0.1, 0.15) is 0 Å². The monoisotopic (exact) mass is 272 g/mol. The van der Waals surface area contributed by atoms with E-state index in [-0.39, 0.29) is 12.5 Å². The van der Waals surface area contributed by atoms with Crippen LogP contribution in [-0.2, 0) is 11.3 Å². The Bertz CT molecular complexity index is 578. The number of carbonyl (C=O) groups is 1. The molecule has 1 aliphatic rings. The smallest absolute Gasteiger partial charge is 0.234 e. The second-order valence-electron chi connectivity index (χ2n) is 4.79. The Morgan fingerprint density at radius 3 is 2.85 bits per heavy atom. The maximum Gasteiger partial charge on any atom is 0.234 e. The Kier molecular flexibility index (Phi) is 3.69. The summed E-state index contributed by atoms with van der Waals surface area (Å²) in [6.07, 6.45) is 2.19. The summed E-state index contributed by atoms with van der Waals surface area (Å²) in [4.78, 5) is 11.5. The Balaban J connectivity index is 1.55. The van der Waals surface area contributed by atoms with Crippen LogP contribution < -0.4 is 10.6 Å². The molecule has 1 aliphatic carbocycles. The molecule has 20 heavy (non-hydrogen) atoms. The molecule has 3 rings (SSSR count). The van der Waals surface area contributed by atoms with E-state index in [4.69, 9.17) is 0 Å². The number of aromatic nitrogens is 4. The van der Waals surface area contributed by atoms with E-state index in [1.165, 1.54) is 0 Å². The van der Waals surface area contributed by atoms with Crippen LogP contribution in [-0.4, -0.2) is 38.7 Å². The van der Waals surface area contributed by atoms with Gasteiger partial charge in [0.05, 0.1) is 18.8 Å². The molecule has 7 nitrogen and oxygen atoms in total. The number of hydrogen-bond acceptors (Lipinski definition) is 5. The van der Waals surface area contributed by atoms with E-state index in [9.17, 15) is 4.79 Å². The van der Waals surface area contributed by atoms with Gasteiger partial charge in [-0.1, -0.05) is 18.2 Å². The molecule has 2 N–H and O–H groups in total. The highest BCUT2D eigenvalue weighted by Crippen LogP contribution is 2.18. The highest BCUT2D eigenvalue weighted by atomic mass is 16.2. The van der Waals surface area contributed by atoms with Crippen molar-refractivity contribution in [3.05, 3.63) is 36.2 Å². The first-order valence-electron chi connectivity index (χ1n) is 6.66. The lowest BCUT2D eigenvalue weighted by Gasteiger charge is -2.06. The topological polar surface area (TPSA) is 84.7 Å². The fourth-order valence-electron chi connectivity index (χ4n) is 1.88. The second-order valence-corrected chi connectivity index (χ2v) is 4.79. The van der Waals surface area contributed by atoms with Crippen LogP contribution in [0.2, 0.25) is 0 Å². The van der Waals surface area contributed by atoms with Crippen LogP contribution in [0.25, 0.3) is 5.69 Å². The molecule has 0 bridgehead atoms. The van der Waals surface area contributed by atoms with Crippen LogP contribution in [0.3, 0.4) is 0 Å². The second kappa shape index (κ2) is 5.79. The first kappa shape index (κ1) is 12.7. The van der Waals surface area contributed by atoms with Crippen LogP contribution >= 0.6 is 0 Å². The van der Waals surface area contributed by atoms with Gasteiger partial charge in [0.15, 0.2) is 5.82 Å². The van der Waals surface area contributed by atoms with Crippen LogP contribution in [0.5, 0.6) is 0 Å². The fraction of sp³-hybridized carbons (Fsp3) is 0.385. The number of nitrogens with zero attached hydrogens (tertiary/aromatic N) is 4. The molecule has 1 aromatic heterocycles. The quantitative estimate of drug-likeness (QED) is 0.775. The number of tetrazole rings is 1. The first-order valence-corrected chi connectivity index (χ1v) is 6.66. The van der Waals surface area contributed by atoms with Gasteiger partial charge in [0.2, 0.25) is 5.91 Å². The summed E-state index contributed by atoms with van der Waals surface area (Å²) < 4.78 is 1.66. The van der Waals surface area contributed by atoms with Gasteiger partial charge >= 0.3 is 0 Å². The molecule has 0 saturated heterocycles. The van der Waals surface area contributed by atoms with E-state index in [0.29, 0.717) is 18.4 Å². The van der Waals surface area contributed by atoms with E-state index in [1.54, 1.807) is 4.68 Å². The van der Waals surface area contributed by atoms with Crippen LogP contribution in [0, 0.1) is 0 Å². The average molecular weight is 272 g/mol. The number of para-hydroxylation sites is 1. The SMILES string of the molecule is O=C(CNCc1nnnn1-c1ccccc1)NC1CC1. The van der Waals surface area contributed by atoms with Gasteiger partial charge in [0, 0.05) is 6.04 Å². The number of benzene rings is 1. The Hall–Kier alpha value is -2.28. The number of amides is 1. The van der Waals surface area contributed by atoms with Crippen molar-refractivity contribution in [2.24, 2.45) is 0 Å². The zero-order valence-electron chi connectivity index (χ0n) is 11.0. The summed E-state index contributed by atoms with van der Waals surface area (Å²) in [6, 6.07) is 10.0. The predicted octanol–water partition coefficient (Wildman–Crippen LogP) is 0.0305. The largest absolute Gasteiger partial charge is 0.352 e. The van der Waals surface area contributed by atoms with Gasteiger partial charge < -0.3 is 10.6 Å². The third-order valence-corrected chi connectivity index (χ3v) is 3.05. The normalized spacial score (nSPS) is 14.2. The summed E-state index contributed by atoms with van der Waals surface area (Å²) in [6.45, 7) is 0.720. The van der Waals surface area contributed by atoms with Crippen LogP contribution in [0.15, 0.2) is 30.3 Å². The van der Waals surface area contributed by atoms with Gasteiger partial charge in [-0.2, -0.15) is 4.68 Å². The minimum Gasteiger partial charge on any atom is -0.352 e. The summed E-state index contributed by atoms with van der Waals surface area (Å²) in [5, 5.41) is 17.6. The summed E-state index contributed by atoms with van der Waals surface area (Å²) in [5.74, 6) is 0.696. The molecule has 0 unspecified atom stereocenters. The van der Waals surface area contributed by atoms with E-state index >= 15 is 0 Å².